The lowest BCUT2D eigenvalue weighted by atomic mass is 10.1. The molecule has 0 saturated carbocycles. The van der Waals surface area contributed by atoms with Crippen molar-refractivity contribution in [2.75, 3.05) is 29.4 Å². The second kappa shape index (κ2) is 6.84. The van der Waals surface area contributed by atoms with Gasteiger partial charge < -0.3 is 9.80 Å². The Hall–Kier alpha value is -3.02. The van der Waals surface area contributed by atoms with E-state index in [2.05, 4.69) is 43.0 Å². The number of hydrogen-bond donors (Lipinski definition) is 0. The molecule has 1 unspecified atom stereocenters. The fourth-order valence-electron chi connectivity index (χ4n) is 3.16. The molecule has 4 rings (SSSR count). The lowest BCUT2D eigenvalue weighted by molar-refractivity contribution is 0.536. The van der Waals surface area contributed by atoms with E-state index in [1.165, 1.54) is 0 Å². The molecule has 1 aromatic carbocycles. The summed E-state index contributed by atoms with van der Waals surface area (Å²) < 4.78 is 0. The van der Waals surface area contributed by atoms with Crippen LogP contribution < -0.4 is 9.80 Å². The smallest absolute Gasteiger partial charge is 0.225 e. The molecular formula is C19H20N6. The Morgan fingerprint density at radius 2 is 1.68 bits per heavy atom. The molecule has 2 aromatic heterocycles. The summed E-state index contributed by atoms with van der Waals surface area (Å²) in [5.74, 6) is 1.71. The number of nitrogens with zero attached hydrogens (tertiary/aromatic N) is 6. The molecule has 0 N–H and O–H groups in total. The number of aromatic nitrogens is 4. The fraction of sp³-hybridized carbons (Fsp3) is 0.263. The first-order valence-corrected chi connectivity index (χ1v) is 8.49. The largest absolute Gasteiger partial charge is 0.351 e. The van der Waals surface area contributed by atoms with Gasteiger partial charge in [-0.3, -0.25) is 0 Å². The van der Waals surface area contributed by atoms with Gasteiger partial charge in [0.15, 0.2) is 5.82 Å². The molecule has 3 aromatic rings. The van der Waals surface area contributed by atoms with E-state index >= 15 is 0 Å². The van der Waals surface area contributed by atoms with Crippen LogP contribution in [0.4, 0.5) is 11.8 Å². The minimum atomic E-state index is 0.312. The van der Waals surface area contributed by atoms with Gasteiger partial charge in [-0.1, -0.05) is 30.3 Å². The van der Waals surface area contributed by atoms with Crippen LogP contribution in [0.25, 0.3) is 11.3 Å². The molecule has 126 valence electrons. The summed E-state index contributed by atoms with van der Waals surface area (Å²) in [4.78, 5) is 13.2. The van der Waals surface area contributed by atoms with E-state index in [0.29, 0.717) is 6.04 Å². The predicted octanol–water partition coefficient (Wildman–Crippen LogP) is 2.65. The van der Waals surface area contributed by atoms with Crippen molar-refractivity contribution in [1.82, 2.24) is 20.2 Å². The van der Waals surface area contributed by atoms with Crippen molar-refractivity contribution in [3.63, 3.8) is 0 Å². The maximum Gasteiger partial charge on any atom is 0.225 e. The Morgan fingerprint density at radius 1 is 0.880 bits per heavy atom. The average Bonchev–Trinajstić information content (AvgIpc) is 2.69. The third-order valence-electron chi connectivity index (χ3n) is 4.48. The van der Waals surface area contributed by atoms with Gasteiger partial charge in [0.1, 0.15) is 0 Å². The standard InChI is InChI=1S/C19H20N6/c1-15-14-24(12-13-25(15)19-20-10-5-11-21-19)18-9-8-17(22-23-18)16-6-3-2-4-7-16/h2-11,15H,12-14H2,1H3. The number of anilines is 2. The van der Waals surface area contributed by atoms with Crippen LogP contribution in [-0.2, 0) is 0 Å². The minimum Gasteiger partial charge on any atom is -0.351 e. The summed E-state index contributed by atoms with van der Waals surface area (Å²) in [6, 6.07) is 16.4. The van der Waals surface area contributed by atoms with E-state index in [9.17, 15) is 0 Å². The number of benzene rings is 1. The topological polar surface area (TPSA) is 58.0 Å². The van der Waals surface area contributed by atoms with Gasteiger partial charge in [-0.25, -0.2) is 9.97 Å². The molecule has 0 radical (unpaired) electrons. The third-order valence-corrected chi connectivity index (χ3v) is 4.48. The van der Waals surface area contributed by atoms with Gasteiger partial charge in [0.25, 0.3) is 0 Å². The highest BCUT2D eigenvalue weighted by molar-refractivity contribution is 5.59. The molecule has 6 heteroatoms. The first kappa shape index (κ1) is 15.5. The molecule has 1 aliphatic rings. The average molecular weight is 332 g/mol. The Morgan fingerprint density at radius 3 is 2.36 bits per heavy atom. The van der Waals surface area contributed by atoms with E-state index in [4.69, 9.17) is 0 Å². The molecule has 1 saturated heterocycles. The fourth-order valence-corrected chi connectivity index (χ4v) is 3.16. The predicted molar refractivity (Wildman–Crippen MR) is 98.5 cm³/mol. The second-order valence-corrected chi connectivity index (χ2v) is 6.18. The summed E-state index contributed by atoms with van der Waals surface area (Å²) in [6.45, 7) is 4.81. The van der Waals surface area contributed by atoms with Gasteiger partial charge in [-0.05, 0) is 25.1 Å². The van der Waals surface area contributed by atoms with Crippen LogP contribution in [-0.4, -0.2) is 45.8 Å². The molecule has 0 aliphatic carbocycles. The molecule has 1 atom stereocenters. The highest BCUT2D eigenvalue weighted by Crippen LogP contribution is 2.22. The molecule has 0 bridgehead atoms. The maximum absolute atomic E-state index is 4.44. The molecule has 25 heavy (non-hydrogen) atoms. The summed E-state index contributed by atoms with van der Waals surface area (Å²) in [6.07, 6.45) is 3.57. The first-order chi connectivity index (χ1) is 12.3. The van der Waals surface area contributed by atoms with Crippen LogP contribution in [0.15, 0.2) is 60.9 Å². The van der Waals surface area contributed by atoms with Crippen molar-refractivity contribution in [1.29, 1.82) is 0 Å². The molecule has 6 nitrogen and oxygen atoms in total. The lowest BCUT2D eigenvalue weighted by Gasteiger charge is -2.40. The first-order valence-electron chi connectivity index (χ1n) is 8.49. The van der Waals surface area contributed by atoms with Crippen molar-refractivity contribution in [2.24, 2.45) is 0 Å². The van der Waals surface area contributed by atoms with Crippen LogP contribution >= 0.6 is 0 Å². The minimum absolute atomic E-state index is 0.312. The highest BCUT2D eigenvalue weighted by Gasteiger charge is 2.26. The molecule has 3 heterocycles. The molecule has 0 amide bonds. The monoisotopic (exact) mass is 332 g/mol. The number of piperazine rings is 1. The van der Waals surface area contributed by atoms with Crippen LogP contribution in [0, 0.1) is 0 Å². The van der Waals surface area contributed by atoms with Gasteiger partial charge in [0.05, 0.1) is 5.69 Å². The van der Waals surface area contributed by atoms with Crippen molar-refractivity contribution in [2.45, 2.75) is 13.0 Å². The van der Waals surface area contributed by atoms with E-state index in [0.717, 1.165) is 42.7 Å². The van der Waals surface area contributed by atoms with E-state index in [-0.39, 0.29) is 0 Å². The van der Waals surface area contributed by atoms with E-state index < -0.39 is 0 Å². The van der Waals surface area contributed by atoms with E-state index in [1.54, 1.807) is 12.4 Å². The van der Waals surface area contributed by atoms with Gasteiger partial charge in [0.2, 0.25) is 5.95 Å². The van der Waals surface area contributed by atoms with Crippen LogP contribution in [0.1, 0.15) is 6.92 Å². The number of hydrogen-bond acceptors (Lipinski definition) is 6. The van der Waals surface area contributed by atoms with E-state index in [1.807, 2.05) is 42.5 Å². The Labute approximate surface area is 147 Å². The molecule has 1 fully saturated rings. The highest BCUT2D eigenvalue weighted by atomic mass is 15.4. The van der Waals surface area contributed by atoms with Crippen molar-refractivity contribution in [3.05, 3.63) is 60.9 Å². The Kier molecular flexibility index (Phi) is 4.24. The van der Waals surface area contributed by atoms with Gasteiger partial charge in [-0.15, -0.1) is 10.2 Å². The summed E-state index contributed by atoms with van der Waals surface area (Å²) in [7, 11) is 0. The van der Waals surface area contributed by atoms with Crippen molar-refractivity contribution < 1.29 is 0 Å². The van der Waals surface area contributed by atoms with Gasteiger partial charge in [0, 0.05) is 43.6 Å². The van der Waals surface area contributed by atoms with Crippen LogP contribution in [0.2, 0.25) is 0 Å². The summed E-state index contributed by atoms with van der Waals surface area (Å²) in [5.41, 5.74) is 1.98. The zero-order valence-electron chi connectivity index (χ0n) is 14.2. The quantitative estimate of drug-likeness (QED) is 0.735. The third kappa shape index (κ3) is 3.28. The normalized spacial score (nSPS) is 17.6. The SMILES string of the molecule is CC1CN(c2ccc(-c3ccccc3)nn2)CCN1c1ncccn1. The van der Waals surface area contributed by atoms with Crippen molar-refractivity contribution in [3.8, 4) is 11.3 Å². The molecule has 0 spiro atoms. The summed E-state index contributed by atoms with van der Waals surface area (Å²) in [5, 5.41) is 8.83. The van der Waals surface area contributed by atoms with Gasteiger partial charge in [-0.2, -0.15) is 0 Å². The van der Waals surface area contributed by atoms with Crippen LogP contribution in [0.5, 0.6) is 0 Å². The second-order valence-electron chi connectivity index (χ2n) is 6.18. The Balaban J connectivity index is 1.47. The van der Waals surface area contributed by atoms with Gasteiger partial charge >= 0.3 is 0 Å². The lowest BCUT2D eigenvalue weighted by Crippen LogP contribution is -2.53. The number of rotatable bonds is 3. The molecular weight excluding hydrogens is 312 g/mol. The Bertz CT molecular complexity index is 806. The molecule has 1 aliphatic heterocycles. The van der Waals surface area contributed by atoms with Crippen molar-refractivity contribution >= 4 is 11.8 Å². The summed E-state index contributed by atoms with van der Waals surface area (Å²) >= 11 is 0. The van der Waals surface area contributed by atoms with Crippen LogP contribution in [0.3, 0.4) is 0 Å². The zero-order chi connectivity index (χ0) is 17.1. The zero-order valence-corrected chi connectivity index (χ0v) is 14.2. The maximum atomic E-state index is 4.44.